The quantitative estimate of drug-likeness (QED) is 0.832. The van der Waals surface area contributed by atoms with Crippen molar-refractivity contribution in [2.24, 2.45) is 0 Å². The van der Waals surface area contributed by atoms with Gasteiger partial charge in [-0.2, -0.15) is 0 Å². The van der Waals surface area contributed by atoms with Crippen LogP contribution < -0.4 is 5.73 Å². The Morgan fingerprint density at radius 2 is 1.56 bits per heavy atom. The highest BCUT2D eigenvalue weighted by Gasteiger charge is 2.14. The Bertz CT molecular complexity index is 474. The van der Waals surface area contributed by atoms with Crippen LogP contribution in [0, 0.1) is 0 Å². The molecule has 0 radical (unpaired) electrons. The molecule has 0 aliphatic carbocycles. The molecule has 0 saturated carbocycles. The summed E-state index contributed by atoms with van der Waals surface area (Å²) in [6.45, 7) is 0. The molecule has 2 rings (SSSR count). The van der Waals surface area contributed by atoms with E-state index in [0.29, 0.717) is 6.04 Å². The number of nitrogens with zero attached hydrogens (tertiary/aromatic N) is 1. The van der Waals surface area contributed by atoms with Crippen molar-refractivity contribution < 1.29 is 0 Å². The molecular formula is C16H20N2. The van der Waals surface area contributed by atoms with E-state index in [9.17, 15) is 0 Å². The van der Waals surface area contributed by atoms with Gasteiger partial charge in [-0.3, -0.25) is 0 Å². The number of nitrogens with two attached hydrogens (primary N) is 1. The van der Waals surface area contributed by atoms with E-state index in [0.717, 1.165) is 12.1 Å². The summed E-state index contributed by atoms with van der Waals surface area (Å²) >= 11 is 0. The summed E-state index contributed by atoms with van der Waals surface area (Å²) in [5.74, 6) is 0. The highest BCUT2D eigenvalue weighted by Crippen LogP contribution is 2.23. The normalized spacial score (nSPS) is 12.6. The highest BCUT2D eigenvalue weighted by atomic mass is 15.1. The van der Waals surface area contributed by atoms with Gasteiger partial charge in [-0.15, -0.1) is 0 Å². The third kappa shape index (κ3) is 3.11. The zero-order valence-corrected chi connectivity index (χ0v) is 11.0. The summed E-state index contributed by atoms with van der Waals surface area (Å²) < 4.78 is 0. The highest BCUT2D eigenvalue weighted by molar-refractivity contribution is 5.39. The monoisotopic (exact) mass is 240 g/mol. The summed E-state index contributed by atoms with van der Waals surface area (Å²) in [6, 6.07) is 19.1. The Kier molecular flexibility index (Phi) is 4.00. The van der Waals surface area contributed by atoms with Crippen molar-refractivity contribution in [3.8, 4) is 0 Å². The molecule has 0 heterocycles. The number of rotatable bonds is 4. The van der Waals surface area contributed by atoms with Crippen molar-refractivity contribution in [1.29, 1.82) is 0 Å². The van der Waals surface area contributed by atoms with E-state index in [4.69, 9.17) is 5.73 Å². The first-order chi connectivity index (χ1) is 8.66. The van der Waals surface area contributed by atoms with E-state index in [2.05, 4.69) is 61.5 Å². The number of hydrogen-bond acceptors (Lipinski definition) is 2. The molecular weight excluding hydrogens is 220 g/mol. The van der Waals surface area contributed by atoms with Gasteiger partial charge in [0.1, 0.15) is 0 Å². The Morgan fingerprint density at radius 1 is 0.944 bits per heavy atom. The lowest BCUT2D eigenvalue weighted by Crippen LogP contribution is -2.22. The minimum atomic E-state index is 0.398. The fourth-order valence-electron chi connectivity index (χ4n) is 2.15. The molecule has 94 valence electrons. The second-order valence-corrected chi connectivity index (χ2v) is 4.84. The predicted molar refractivity (Wildman–Crippen MR) is 77.4 cm³/mol. The van der Waals surface area contributed by atoms with E-state index < -0.39 is 0 Å². The van der Waals surface area contributed by atoms with E-state index in [1.165, 1.54) is 11.1 Å². The molecule has 0 saturated heterocycles. The van der Waals surface area contributed by atoms with Crippen LogP contribution in [0.15, 0.2) is 54.6 Å². The van der Waals surface area contributed by atoms with Crippen molar-refractivity contribution in [3.63, 3.8) is 0 Å². The van der Waals surface area contributed by atoms with Gasteiger partial charge < -0.3 is 10.6 Å². The molecule has 0 aliphatic rings. The van der Waals surface area contributed by atoms with Gasteiger partial charge in [0, 0.05) is 11.7 Å². The molecule has 1 unspecified atom stereocenters. The van der Waals surface area contributed by atoms with E-state index >= 15 is 0 Å². The average molecular weight is 240 g/mol. The Labute approximate surface area is 109 Å². The first-order valence-electron chi connectivity index (χ1n) is 6.22. The van der Waals surface area contributed by atoms with Crippen LogP contribution in [0.25, 0.3) is 0 Å². The summed E-state index contributed by atoms with van der Waals surface area (Å²) in [5, 5.41) is 0. The van der Waals surface area contributed by atoms with Crippen LogP contribution in [-0.4, -0.2) is 19.0 Å². The van der Waals surface area contributed by atoms with Gasteiger partial charge in [0.15, 0.2) is 0 Å². The second-order valence-electron chi connectivity index (χ2n) is 4.84. The fourth-order valence-corrected chi connectivity index (χ4v) is 2.15. The Balaban J connectivity index is 2.19. The Hall–Kier alpha value is -1.80. The maximum Gasteiger partial charge on any atom is 0.0382 e. The average Bonchev–Trinajstić information content (AvgIpc) is 2.38. The standard InChI is InChI=1S/C16H20N2/c1-18(2)16(14-6-4-3-5-7-14)12-13-8-10-15(17)11-9-13/h3-11,16H,12,17H2,1-2H3. The lowest BCUT2D eigenvalue weighted by atomic mass is 9.98. The summed E-state index contributed by atoms with van der Waals surface area (Å²) in [7, 11) is 4.24. The lowest BCUT2D eigenvalue weighted by molar-refractivity contribution is 0.297. The van der Waals surface area contributed by atoms with Crippen molar-refractivity contribution >= 4 is 5.69 Å². The SMILES string of the molecule is CN(C)C(Cc1ccc(N)cc1)c1ccccc1. The minimum Gasteiger partial charge on any atom is -0.399 e. The third-order valence-electron chi connectivity index (χ3n) is 3.22. The van der Waals surface area contributed by atoms with Crippen molar-refractivity contribution in [2.75, 3.05) is 19.8 Å². The number of likely N-dealkylation sites (N-methyl/N-ethyl adjacent to an activating group) is 1. The van der Waals surface area contributed by atoms with Gasteiger partial charge in [0.25, 0.3) is 0 Å². The van der Waals surface area contributed by atoms with E-state index in [-0.39, 0.29) is 0 Å². The van der Waals surface area contributed by atoms with Gasteiger partial charge in [-0.05, 0) is 43.8 Å². The maximum absolute atomic E-state index is 5.72. The molecule has 18 heavy (non-hydrogen) atoms. The van der Waals surface area contributed by atoms with Crippen LogP contribution >= 0.6 is 0 Å². The summed E-state index contributed by atoms with van der Waals surface area (Å²) in [5.41, 5.74) is 9.20. The van der Waals surface area contributed by atoms with Crippen molar-refractivity contribution in [3.05, 3.63) is 65.7 Å². The Morgan fingerprint density at radius 3 is 2.11 bits per heavy atom. The largest absolute Gasteiger partial charge is 0.399 e. The summed E-state index contributed by atoms with van der Waals surface area (Å²) in [4.78, 5) is 2.26. The van der Waals surface area contributed by atoms with E-state index in [1.807, 2.05) is 12.1 Å². The zero-order valence-electron chi connectivity index (χ0n) is 11.0. The molecule has 2 aromatic rings. The van der Waals surface area contributed by atoms with Gasteiger partial charge >= 0.3 is 0 Å². The van der Waals surface area contributed by atoms with Crippen LogP contribution in [0.1, 0.15) is 17.2 Å². The first kappa shape index (κ1) is 12.7. The number of nitrogen functional groups attached to an aromatic ring is 1. The van der Waals surface area contributed by atoms with Crippen molar-refractivity contribution in [1.82, 2.24) is 4.90 Å². The molecule has 1 atom stereocenters. The second kappa shape index (κ2) is 5.69. The third-order valence-corrected chi connectivity index (χ3v) is 3.22. The molecule has 2 nitrogen and oxygen atoms in total. The molecule has 0 amide bonds. The van der Waals surface area contributed by atoms with Gasteiger partial charge in [0.2, 0.25) is 0 Å². The molecule has 2 aromatic carbocycles. The molecule has 2 N–H and O–H groups in total. The minimum absolute atomic E-state index is 0.398. The van der Waals surface area contributed by atoms with Gasteiger partial charge in [-0.1, -0.05) is 42.5 Å². The topological polar surface area (TPSA) is 29.3 Å². The molecule has 2 heteroatoms. The number of hydrogen-bond donors (Lipinski definition) is 1. The lowest BCUT2D eigenvalue weighted by Gasteiger charge is -2.25. The molecule has 0 aliphatic heterocycles. The predicted octanol–water partition coefficient (Wildman–Crippen LogP) is 3.11. The fraction of sp³-hybridized carbons (Fsp3) is 0.250. The number of benzene rings is 2. The van der Waals surface area contributed by atoms with Crippen LogP contribution in [0.5, 0.6) is 0 Å². The zero-order chi connectivity index (χ0) is 13.0. The molecule has 0 aromatic heterocycles. The van der Waals surface area contributed by atoms with Crippen LogP contribution in [0.3, 0.4) is 0 Å². The summed E-state index contributed by atoms with van der Waals surface area (Å²) in [6.07, 6.45) is 0.997. The van der Waals surface area contributed by atoms with Crippen LogP contribution in [-0.2, 0) is 6.42 Å². The molecule has 0 spiro atoms. The molecule has 0 bridgehead atoms. The van der Waals surface area contributed by atoms with E-state index in [1.54, 1.807) is 0 Å². The van der Waals surface area contributed by atoms with Crippen LogP contribution in [0.4, 0.5) is 5.69 Å². The molecule has 0 fully saturated rings. The number of anilines is 1. The first-order valence-corrected chi connectivity index (χ1v) is 6.22. The van der Waals surface area contributed by atoms with Gasteiger partial charge in [-0.25, -0.2) is 0 Å². The van der Waals surface area contributed by atoms with Crippen molar-refractivity contribution in [2.45, 2.75) is 12.5 Å². The van der Waals surface area contributed by atoms with Gasteiger partial charge in [0.05, 0.1) is 0 Å². The van der Waals surface area contributed by atoms with Crippen LogP contribution in [0.2, 0.25) is 0 Å². The maximum atomic E-state index is 5.72. The smallest absolute Gasteiger partial charge is 0.0382 e.